The molecule has 0 N–H and O–H groups in total. The maximum atomic E-state index is 12.2. The van der Waals surface area contributed by atoms with Gasteiger partial charge in [-0.05, 0) is 23.8 Å². The molecule has 3 heteroatoms. The SMILES string of the molecule is C[C@H](CF)c1cc(Cl)cc(Cl)c1. The minimum absolute atomic E-state index is 0.138. The molecule has 0 aromatic heterocycles. The summed E-state index contributed by atoms with van der Waals surface area (Å²) in [7, 11) is 0. The second kappa shape index (κ2) is 4.11. The smallest absolute Gasteiger partial charge is 0.0960 e. The zero-order valence-electron chi connectivity index (χ0n) is 6.65. The molecule has 1 atom stereocenters. The van der Waals surface area contributed by atoms with Crippen LogP contribution < -0.4 is 0 Å². The molecule has 0 fully saturated rings. The summed E-state index contributed by atoms with van der Waals surface area (Å²) in [6, 6.07) is 5.10. The van der Waals surface area contributed by atoms with E-state index in [1.807, 2.05) is 0 Å². The molecule has 0 nitrogen and oxygen atoms in total. The van der Waals surface area contributed by atoms with Crippen molar-refractivity contribution in [3.63, 3.8) is 0 Å². The number of hydrogen-bond acceptors (Lipinski definition) is 0. The molecule has 1 rings (SSSR count). The monoisotopic (exact) mass is 206 g/mol. The maximum absolute atomic E-state index is 12.2. The summed E-state index contributed by atoms with van der Waals surface area (Å²) in [4.78, 5) is 0. The molecule has 12 heavy (non-hydrogen) atoms. The van der Waals surface area contributed by atoms with E-state index >= 15 is 0 Å². The number of alkyl halides is 1. The lowest BCUT2D eigenvalue weighted by atomic mass is 10.0. The molecule has 0 bridgehead atoms. The first-order chi connectivity index (χ1) is 5.63. The first kappa shape index (κ1) is 9.82. The van der Waals surface area contributed by atoms with Gasteiger partial charge in [-0.2, -0.15) is 0 Å². The fraction of sp³-hybridized carbons (Fsp3) is 0.333. The van der Waals surface area contributed by atoms with E-state index < -0.39 is 6.67 Å². The summed E-state index contributed by atoms with van der Waals surface area (Å²) >= 11 is 11.5. The molecular formula is C9H9Cl2F. The lowest BCUT2D eigenvalue weighted by molar-refractivity contribution is 0.447. The van der Waals surface area contributed by atoms with Crippen molar-refractivity contribution in [2.75, 3.05) is 6.67 Å². The van der Waals surface area contributed by atoms with E-state index in [0.717, 1.165) is 5.56 Å². The molecule has 0 amide bonds. The third kappa shape index (κ3) is 2.36. The van der Waals surface area contributed by atoms with E-state index in [4.69, 9.17) is 23.2 Å². The zero-order chi connectivity index (χ0) is 9.14. The van der Waals surface area contributed by atoms with Crippen LogP contribution in [-0.2, 0) is 0 Å². The highest BCUT2D eigenvalue weighted by atomic mass is 35.5. The van der Waals surface area contributed by atoms with Gasteiger partial charge in [-0.25, -0.2) is 0 Å². The second-order valence-electron chi connectivity index (χ2n) is 2.76. The van der Waals surface area contributed by atoms with Crippen molar-refractivity contribution in [1.29, 1.82) is 0 Å². The second-order valence-corrected chi connectivity index (χ2v) is 3.63. The molecule has 0 heterocycles. The van der Waals surface area contributed by atoms with Crippen LogP contribution in [0, 0.1) is 0 Å². The number of rotatable bonds is 2. The van der Waals surface area contributed by atoms with Crippen LogP contribution in [0.3, 0.4) is 0 Å². The van der Waals surface area contributed by atoms with Crippen molar-refractivity contribution in [3.8, 4) is 0 Å². The Bertz CT molecular complexity index is 253. The van der Waals surface area contributed by atoms with Crippen LogP contribution in [0.2, 0.25) is 10.0 Å². The third-order valence-corrected chi connectivity index (χ3v) is 2.12. The summed E-state index contributed by atoms with van der Waals surface area (Å²) in [5, 5.41) is 1.11. The Kier molecular flexibility index (Phi) is 3.36. The van der Waals surface area contributed by atoms with Crippen LogP contribution in [0.25, 0.3) is 0 Å². The van der Waals surface area contributed by atoms with Gasteiger partial charge in [0.25, 0.3) is 0 Å². The van der Waals surface area contributed by atoms with Crippen LogP contribution in [-0.4, -0.2) is 6.67 Å². The molecule has 1 aromatic rings. The number of hydrogen-bond donors (Lipinski definition) is 0. The molecule has 0 spiro atoms. The Balaban J connectivity index is 3.00. The zero-order valence-corrected chi connectivity index (χ0v) is 8.16. The molecule has 66 valence electrons. The lowest BCUT2D eigenvalue weighted by Crippen LogP contribution is -1.94. The van der Waals surface area contributed by atoms with Gasteiger partial charge in [0, 0.05) is 16.0 Å². The Morgan fingerprint density at radius 2 is 1.75 bits per heavy atom. The Labute approximate surface area is 81.3 Å². The number of halogens is 3. The van der Waals surface area contributed by atoms with Crippen molar-refractivity contribution >= 4 is 23.2 Å². The molecular weight excluding hydrogens is 198 g/mol. The van der Waals surface area contributed by atoms with Crippen LogP contribution in [0.15, 0.2) is 18.2 Å². The third-order valence-electron chi connectivity index (χ3n) is 1.69. The average Bonchev–Trinajstić information content (AvgIpc) is 2.01. The van der Waals surface area contributed by atoms with Crippen molar-refractivity contribution in [2.24, 2.45) is 0 Å². The van der Waals surface area contributed by atoms with Crippen LogP contribution in [0.1, 0.15) is 18.4 Å². The van der Waals surface area contributed by atoms with E-state index in [2.05, 4.69) is 0 Å². The Morgan fingerprint density at radius 3 is 2.17 bits per heavy atom. The summed E-state index contributed by atoms with van der Waals surface area (Å²) in [5.41, 5.74) is 0.843. The van der Waals surface area contributed by atoms with Crippen LogP contribution >= 0.6 is 23.2 Å². The fourth-order valence-electron chi connectivity index (χ4n) is 0.949. The van der Waals surface area contributed by atoms with E-state index in [0.29, 0.717) is 10.0 Å². The quantitative estimate of drug-likeness (QED) is 0.685. The van der Waals surface area contributed by atoms with Gasteiger partial charge in [0.1, 0.15) is 0 Å². The summed E-state index contributed by atoms with van der Waals surface area (Å²) in [6.07, 6.45) is 0. The van der Waals surface area contributed by atoms with Gasteiger partial charge >= 0.3 is 0 Å². The molecule has 0 saturated heterocycles. The predicted molar refractivity (Wildman–Crippen MR) is 50.9 cm³/mol. The van der Waals surface area contributed by atoms with Gasteiger partial charge in [-0.1, -0.05) is 30.1 Å². The average molecular weight is 207 g/mol. The summed E-state index contributed by atoms with van der Waals surface area (Å²) < 4.78 is 12.2. The van der Waals surface area contributed by atoms with Crippen molar-refractivity contribution in [1.82, 2.24) is 0 Å². The van der Waals surface area contributed by atoms with E-state index in [9.17, 15) is 4.39 Å². The minimum atomic E-state index is -0.392. The first-order valence-electron chi connectivity index (χ1n) is 3.65. The Morgan fingerprint density at radius 1 is 1.25 bits per heavy atom. The van der Waals surface area contributed by atoms with Crippen molar-refractivity contribution in [3.05, 3.63) is 33.8 Å². The van der Waals surface area contributed by atoms with E-state index in [-0.39, 0.29) is 5.92 Å². The van der Waals surface area contributed by atoms with Gasteiger partial charge in [-0.15, -0.1) is 0 Å². The minimum Gasteiger partial charge on any atom is -0.250 e. The predicted octanol–water partition coefficient (Wildman–Crippen LogP) is 4.07. The van der Waals surface area contributed by atoms with Crippen molar-refractivity contribution in [2.45, 2.75) is 12.8 Å². The molecule has 0 aliphatic heterocycles. The molecule has 0 aliphatic rings. The highest BCUT2D eigenvalue weighted by Crippen LogP contribution is 2.24. The van der Waals surface area contributed by atoms with Gasteiger partial charge in [0.15, 0.2) is 0 Å². The molecule has 0 radical (unpaired) electrons. The summed E-state index contributed by atoms with van der Waals surface area (Å²) in [6.45, 7) is 1.40. The van der Waals surface area contributed by atoms with Crippen LogP contribution in [0.5, 0.6) is 0 Å². The molecule has 1 aromatic carbocycles. The largest absolute Gasteiger partial charge is 0.250 e. The normalized spacial score (nSPS) is 13.0. The first-order valence-corrected chi connectivity index (χ1v) is 4.41. The van der Waals surface area contributed by atoms with Gasteiger partial charge < -0.3 is 0 Å². The lowest BCUT2D eigenvalue weighted by Gasteiger charge is -2.07. The van der Waals surface area contributed by atoms with Gasteiger partial charge in [0.2, 0.25) is 0 Å². The topological polar surface area (TPSA) is 0 Å². The molecule has 0 unspecified atom stereocenters. The Hall–Kier alpha value is -0.270. The number of benzene rings is 1. The van der Waals surface area contributed by atoms with Crippen molar-refractivity contribution < 1.29 is 4.39 Å². The highest BCUT2D eigenvalue weighted by Gasteiger charge is 2.06. The van der Waals surface area contributed by atoms with Gasteiger partial charge in [-0.3, -0.25) is 4.39 Å². The molecule has 0 aliphatic carbocycles. The standard InChI is InChI=1S/C9H9Cl2F/c1-6(5-12)7-2-8(10)4-9(11)3-7/h2-4,6H,5H2,1H3/t6-/m1/s1. The molecule has 0 saturated carbocycles. The maximum Gasteiger partial charge on any atom is 0.0960 e. The highest BCUT2D eigenvalue weighted by molar-refractivity contribution is 6.34. The fourth-order valence-corrected chi connectivity index (χ4v) is 1.49. The van der Waals surface area contributed by atoms with E-state index in [1.165, 1.54) is 0 Å². The van der Waals surface area contributed by atoms with Gasteiger partial charge in [0.05, 0.1) is 6.67 Å². The van der Waals surface area contributed by atoms with E-state index in [1.54, 1.807) is 25.1 Å². The van der Waals surface area contributed by atoms with Crippen LogP contribution in [0.4, 0.5) is 4.39 Å². The summed E-state index contributed by atoms with van der Waals surface area (Å²) in [5.74, 6) is -0.138.